The number of nitrogens with one attached hydrogen (secondary N) is 1. The van der Waals surface area contributed by atoms with Crippen molar-refractivity contribution < 1.29 is 24.1 Å². The molecule has 0 saturated heterocycles. The number of hydrogen-bond donors (Lipinski definition) is 3. The number of carboxylic acids is 1. The van der Waals surface area contributed by atoms with Crippen LogP contribution in [-0.4, -0.2) is 28.8 Å². The molecule has 3 N–H and O–H groups in total. The van der Waals surface area contributed by atoms with E-state index in [4.69, 9.17) is 10.2 Å². The lowest BCUT2D eigenvalue weighted by Crippen LogP contribution is -2.34. The zero-order valence-corrected chi connectivity index (χ0v) is 5.75. The predicted molar refractivity (Wildman–Crippen MR) is 29.9 cm³/mol. The van der Waals surface area contributed by atoms with Gasteiger partial charge in [-0.05, 0) is 0 Å². The van der Waals surface area contributed by atoms with Crippen LogP contribution in [0.5, 0.6) is 0 Å². The Morgan fingerprint density at radius 3 is 2.20 bits per heavy atom. The molecule has 0 aromatic heterocycles. The highest BCUT2D eigenvalue weighted by Gasteiger charge is 2.16. The van der Waals surface area contributed by atoms with E-state index in [1.807, 2.05) is 0 Å². The Kier molecular flexibility index (Phi) is 3.87. The lowest BCUT2D eigenvalue weighted by Gasteiger charge is -2.02. The van der Waals surface area contributed by atoms with Crippen LogP contribution in [0.4, 0.5) is 0 Å². The van der Waals surface area contributed by atoms with E-state index in [0.717, 1.165) is 0 Å². The van der Waals surface area contributed by atoms with Gasteiger partial charge < -0.3 is 10.2 Å². The van der Waals surface area contributed by atoms with Crippen LogP contribution in [0.25, 0.3) is 0 Å². The third-order valence-electron chi connectivity index (χ3n) is 0.742. The van der Waals surface area contributed by atoms with Crippen molar-refractivity contribution in [2.75, 3.05) is 6.61 Å². The van der Waals surface area contributed by atoms with Gasteiger partial charge in [0.25, 0.3) is 0 Å². The maximum Gasteiger partial charge on any atom is 0.396 e. The van der Waals surface area contributed by atoms with Gasteiger partial charge in [-0.3, -0.25) is 4.79 Å². The molecule has 1 atom stereocenters. The van der Waals surface area contributed by atoms with Crippen molar-refractivity contribution in [1.82, 2.24) is 5.09 Å². The summed E-state index contributed by atoms with van der Waals surface area (Å²) in [5, 5.41) is 18.0. The molecule has 0 amide bonds. The number of aliphatic hydroxyl groups excluding tert-OH is 1. The Morgan fingerprint density at radius 2 is 2.10 bits per heavy atom. The molecule has 0 fully saturated rings. The minimum Gasteiger partial charge on any atom is -0.480 e. The second kappa shape index (κ2) is 4.16. The highest BCUT2D eigenvalue weighted by molar-refractivity contribution is 7.28. The Bertz CT molecular complexity index is 179. The van der Waals surface area contributed by atoms with Crippen LogP contribution in [0.2, 0.25) is 0 Å². The van der Waals surface area contributed by atoms with Gasteiger partial charge in [0.1, 0.15) is 6.04 Å². The topological polar surface area (TPSA) is 104 Å². The molecule has 0 aliphatic carbocycles. The van der Waals surface area contributed by atoms with Gasteiger partial charge in [0.05, 0.1) is 6.61 Å². The van der Waals surface area contributed by atoms with Crippen LogP contribution in [-0.2, 0) is 13.9 Å². The van der Waals surface area contributed by atoms with E-state index in [9.17, 15) is 13.9 Å². The van der Waals surface area contributed by atoms with Crippen LogP contribution in [0.1, 0.15) is 0 Å². The highest BCUT2D eigenvalue weighted by Crippen LogP contribution is 1.97. The fraction of sp³-hybridized carbons (Fsp3) is 0.667. The second-order valence-corrected chi connectivity index (χ2v) is 2.23. The minimum absolute atomic E-state index is 0.751. The molecule has 0 spiro atoms. The largest absolute Gasteiger partial charge is 0.480 e. The molecule has 0 radical (unpaired) electrons. The zero-order chi connectivity index (χ0) is 8.15. The predicted octanol–water partition coefficient (Wildman–Crippen LogP) is -0.891. The van der Waals surface area contributed by atoms with E-state index in [-0.39, 0.29) is 0 Å². The lowest BCUT2D eigenvalue weighted by molar-refractivity contribution is -0.139. The minimum atomic E-state index is -2.97. The quantitative estimate of drug-likeness (QED) is 0.469. The molecular formula is C3H6NO5P. The summed E-state index contributed by atoms with van der Waals surface area (Å²) in [4.78, 5) is 9.98. The molecule has 0 aliphatic rings. The van der Waals surface area contributed by atoms with E-state index in [0.29, 0.717) is 0 Å². The van der Waals surface area contributed by atoms with Crippen molar-refractivity contribution in [2.24, 2.45) is 0 Å². The Morgan fingerprint density at radius 1 is 1.60 bits per heavy atom. The van der Waals surface area contributed by atoms with Crippen LogP contribution < -0.4 is 5.09 Å². The van der Waals surface area contributed by atoms with Crippen molar-refractivity contribution >= 4 is 13.8 Å². The third-order valence-corrected chi connectivity index (χ3v) is 1.26. The van der Waals surface area contributed by atoms with Crippen molar-refractivity contribution in [3.63, 3.8) is 0 Å². The van der Waals surface area contributed by atoms with Gasteiger partial charge in [0.15, 0.2) is 0 Å². The molecule has 10 heavy (non-hydrogen) atoms. The molecule has 7 heteroatoms. The first-order valence-electron chi connectivity index (χ1n) is 2.32. The number of aliphatic carboxylic acids is 1. The number of hydrogen-bond acceptors (Lipinski definition) is 4. The molecule has 0 aliphatic heterocycles. The van der Waals surface area contributed by atoms with Gasteiger partial charge in [-0.15, -0.1) is 0 Å². The number of carboxylic acid groups (broad SMARTS) is 1. The SMILES string of the molecule is O=C(O)C(CO)NP(=O)=O. The summed E-state index contributed by atoms with van der Waals surface area (Å²) in [6.45, 7) is -0.751. The molecule has 0 heterocycles. The molecule has 0 saturated carbocycles. The average molecular weight is 167 g/mol. The van der Waals surface area contributed by atoms with Gasteiger partial charge >= 0.3 is 13.8 Å². The van der Waals surface area contributed by atoms with Gasteiger partial charge in [0, 0.05) is 0 Å². The van der Waals surface area contributed by atoms with Gasteiger partial charge in [-0.2, -0.15) is 5.09 Å². The van der Waals surface area contributed by atoms with E-state index in [1.54, 1.807) is 5.09 Å². The molecule has 6 nitrogen and oxygen atoms in total. The summed E-state index contributed by atoms with van der Waals surface area (Å²) in [6.07, 6.45) is 0. The first kappa shape index (κ1) is 9.29. The van der Waals surface area contributed by atoms with Crippen molar-refractivity contribution in [1.29, 1.82) is 0 Å². The Hall–Kier alpha value is -0.710. The molecule has 58 valence electrons. The second-order valence-electron chi connectivity index (χ2n) is 1.46. The van der Waals surface area contributed by atoms with Crippen LogP contribution >= 0.6 is 7.83 Å². The molecule has 0 rings (SSSR count). The summed E-state index contributed by atoms with van der Waals surface area (Å²) in [5.74, 6) is -1.40. The molecule has 1 unspecified atom stereocenters. The number of carbonyl (C=O) groups is 1. The Labute approximate surface area is 56.7 Å². The molecular weight excluding hydrogens is 161 g/mol. The van der Waals surface area contributed by atoms with E-state index >= 15 is 0 Å². The van der Waals surface area contributed by atoms with Crippen molar-refractivity contribution in [2.45, 2.75) is 6.04 Å². The van der Waals surface area contributed by atoms with E-state index in [1.165, 1.54) is 0 Å². The monoisotopic (exact) mass is 167 g/mol. The lowest BCUT2D eigenvalue weighted by atomic mass is 10.3. The van der Waals surface area contributed by atoms with Gasteiger partial charge in [-0.1, -0.05) is 0 Å². The maximum atomic E-state index is 9.98. The summed E-state index contributed by atoms with van der Waals surface area (Å²) < 4.78 is 19.6. The van der Waals surface area contributed by atoms with Crippen LogP contribution in [0.15, 0.2) is 0 Å². The standard InChI is InChI=1S/C3H6NO5P/c5-1-2(3(6)7)4-10(8)9/h2,5H,1H2,(H,6,7)(H,4,8,9). The normalized spacial score (nSPS) is 12.5. The first-order valence-corrected chi connectivity index (χ1v) is 3.50. The highest BCUT2D eigenvalue weighted by atomic mass is 31.1. The molecule has 0 aromatic carbocycles. The third kappa shape index (κ3) is 3.34. The van der Waals surface area contributed by atoms with E-state index in [2.05, 4.69) is 0 Å². The van der Waals surface area contributed by atoms with Gasteiger partial charge in [-0.25, -0.2) is 9.13 Å². The van der Waals surface area contributed by atoms with Crippen LogP contribution in [0.3, 0.4) is 0 Å². The molecule has 0 aromatic rings. The average Bonchev–Trinajstić information content (AvgIpc) is 1.81. The Balaban J connectivity index is 3.96. The van der Waals surface area contributed by atoms with Crippen molar-refractivity contribution in [3.05, 3.63) is 0 Å². The number of aliphatic hydroxyl groups is 1. The summed E-state index contributed by atoms with van der Waals surface area (Å²) in [7, 11) is -2.97. The van der Waals surface area contributed by atoms with E-state index < -0.39 is 26.4 Å². The summed E-state index contributed by atoms with van der Waals surface area (Å²) in [6, 6.07) is -1.43. The zero-order valence-electron chi connectivity index (χ0n) is 4.85. The fourth-order valence-corrected chi connectivity index (χ4v) is 0.748. The molecule has 0 bridgehead atoms. The maximum absolute atomic E-state index is 9.98. The van der Waals surface area contributed by atoms with Crippen molar-refractivity contribution in [3.8, 4) is 0 Å². The van der Waals surface area contributed by atoms with Gasteiger partial charge in [0.2, 0.25) is 0 Å². The summed E-state index contributed by atoms with van der Waals surface area (Å²) >= 11 is 0. The fourth-order valence-electron chi connectivity index (χ4n) is 0.301. The van der Waals surface area contributed by atoms with Crippen LogP contribution in [0, 0.1) is 0 Å². The smallest absolute Gasteiger partial charge is 0.396 e. The first-order chi connectivity index (χ1) is 4.57. The summed E-state index contributed by atoms with van der Waals surface area (Å²) in [5.41, 5.74) is 0. The number of rotatable bonds is 4.